The van der Waals surface area contributed by atoms with Gasteiger partial charge in [-0.05, 0) is 43.2 Å². The number of benzene rings is 1. The summed E-state index contributed by atoms with van der Waals surface area (Å²) >= 11 is 0. The van der Waals surface area contributed by atoms with Crippen LogP contribution in [0.4, 0.5) is 10.5 Å². The number of likely N-dealkylation sites (tertiary alicyclic amines) is 1. The zero-order valence-electron chi connectivity index (χ0n) is 19.5. The van der Waals surface area contributed by atoms with Crippen LogP contribution in [0.3, 0.4) is 0 Å². The molecule has 3 aliphatic rings. The van der Waals surface area contributed by atoms with E-state index in [0.29, 0.717) is 12.2 Å². The van der Waals surface area contributed by atoms with Crippen molar-refractivity contribution in [2.24, 2.45) is 4.99 Å². The number of carbonyl (C=O) groups excluding carboxylic acids is 1. The van der Waals surface area contributed by atoms with Crippen LogP contribution in [-0.2, 0) is 9.47 Å². The third-order valence-electron chi connectivity index (χ3n) is 6.87. The highest BCUT2D eigenvalue weighted by atomic mass is 16.6. The summed E-state index contributed by atoms with van der Waals surface area (Å²) in [5.74, 6) is -0.0161. The van der Waals surface area contributed by atoms with Crippen molar-refractivity contribution in [3.8, 4) is 0 Å². The van der Waals surface area contributed by atoms with Crippen LogP contribution in [0, 0.1) is 0 Å². The Kier molecular flexibility index (Phi) is 6.56. The van der Waals surface area contributed by atoms with Crippen LogP contribution >= 0.6 is 0 Å². The van der Waals surface area contributed by atoms with Gasteiger partial charge in [0, 0.05) is 57.7 Å². The van der Waals surface area contributed by atoms with Crippen molar-refractivity contribution in [3.63, 3.8) is 0 Å². The molecule has 0 unspecified atom stereocenters. The highest BCUT2D eigenvalue weighted by Gasteiger charge is 2.47. The molecule has 2 aliphatic heterocycles. The van der Waals surface area contributed by atoms with Gasteiger partial charge in [0.15, 0.2) is 0 Å². The summed E-state index contributed by atoms with van der Waals surface area (Å²) in [5.41, 5.74) is 3.98. The average molecular weight is 454 g/mol. The molecule has 1 aromatic carbocycles. The average Bonchev–Trinajstić information content (AvgIpc) is 3.15. The number of anilines is 1. The van der Waals surface area contributed by atoms with Crippen molar-refractivity contribution in [2.75, 3.05) is 45.2 Å². The second-order valence-electron chi connectivity index (χ2n) is 8.95. The predicted molar refractivity (Wildman–Crippen MR) is 126 cm³/mol. The van der Waals surface area contributed by atoms with E-state index in [0.717, 1.165) is 56.8 Å². The van der Waals surface area contributed by atoms with E-state index >= 15 is 0 Å². The van der Waals surface area contributed by atoms with Gasteiger partial charge in [-0.15, -0.1) is 0 Å². The zero-order chi connectivity index (χ0) is 23.6. The Morgan fingerprint density at radius 3 is 2.52 bits per heavy atom. The molecule has 33 heavy (non-hydrogen) atoms. The van der Waals surface area contributed by atoms with Crippen LogP contribution < -0.4 is 4.90 Å². The van der Waals surface area contributed by atoms with Gasteiger partial charge < -0.3 is 14.6 Å². The van der Waals surface area contributed by atoms with E-state index < -0.39 is 11.6 Å². The number of carboxylic acid groups (broad SMARTS) is 1. The van der Waals surface area contributed by atoms with Gasteiger partial charge in [0.1, 0.15) is 5.60 Å². The Balaban J connectivity index is 1.38. The van der Waals surface area contributed by atoms with Crippen molar-refractivity contribution in [3.05, 3.63) is 52.8 Å². The first kappa shape index (κ1) is 23.0. The molecule has 1 amide bonds. The van der Waals surface area contributed by atoms with E-state index in [1.54, 1.807) is 24.1 Å². The number of ether oxygens (including phenoxy) is 2. The molecule has 1 aliphatic carbocycles. The van der Waals surface area contributed by atoms with Gasteiger partial charge in [-0.3, -0.25) is 14.8 Å². The number of carboxylic acids is 1. The Morgan fingerprint density at radius 1 is 1.21 bits per heavy atom. The van der Waals surface area contributed by atoms with Crippen molar-refractivity contribution in [1.29, 1.82) is 0 Å². The highest BCUT2D eigenvalue weighted by molar-refractivity contribution is 6.09. The van der Waals surface area contributed by atoms with Gasteiger partial charge in [-0.1, -0.05) is 5.57 Å². The molecule has 1 N–H and O–H groups in total. The Labute approximate surface area is 194 Å². The number of aliphatic imine (C=N–C) groups is 1. The number of hydrogen-bond donors (Lipinski definition) is 1. The second kappa shape index (κ2) is 9.39. The number of methoxy groups -OCH3 is 1. The monoisotopic (exact) mass is 453 g/mol. The molecule has 2 heterocycles. The standard InChI is InChI=1S/C25H31N3O5/c1-17(21-9-8-20(32-3)14-22(21)26-2)15-27-12-10-25(11-13-27)16-28(24(31)33-25)19-6-4-18(5-7-19)23(29)30/h4-7,14H,8-13,15-16H2,1-3H3,(H,29,30)/b21-17+,26-22?. The summed E-state index contributed by atoms with van der Waals surface area (Å²) < 4.78 is 11.3. The highest BCUT2D eigenvalue weighted by Crippen LogP contribution is 2.36. The van der Waals surface area contributed by atoms with Gasteiger partial charge in [0.25, 0.3) is 0 Å². The largest absolute Gasteiger partial charge is 0.501 e. The molecule has 8 nitrogen and oxygen atoms in total. The van der Waals surface area contributed by atoms with Gasteiger partial charge in [-0.2, -0.15) is 0 Å². The number of rotatable bonds is 5. The maximum Gasteiger partial charge on any atom is 0.415 e. The summed E-state index contributed by atoms with van der Waals surface area (Å²) in [6.07, 6.45) is 5.04. The Hall–Kier alpha value is -3.13. The molecule has 1 spiro atoms. The van der Waals surface area contributed by atoms with Gasteiger partial charge in [-0.25, -0.2) is 9.59 Å². The molecule has 0 saturated carbocycles. The van der Waals surface area contributed by atoms with Gasteiger partial charge in [0.2, 0.25) is 0 Å². The molecule has 8 heteroatoms. The predicted octanol–water partition coefficient (Wildman–Crippen LogP) is 3.89. The molecule has 1 aromatic rings. The summed E-state index contributed by atoms with van der Waals surface area (Å²) in [5, 5.41) is 9.09. The second-order valence-corrected chi connectivity index (χ2v) is 8.95. The normalized spacial score (nSPS) is 23.5. The first-order valence-electron chi connectivity index (χ1n) is 11.3. The molecule has 0 bridgehead atoms. The zero-order valence-corrected chi connectivity index (χ0v) is 19.5. The minimum atomic E-state index is -0.986. The minimum Gasteiger partial charge on any atom is -0.501 e. The lowest BCUT2D eigenvalue weighted by atomic mass is 9.89. The number of aromatic carboxylic acids is 1. The molecule has 2 saturated heterocycles. The lowest BCUT2D eigenvalue weighted by Crippen LogP contribution is -2.47. The fraction of sp³-hybridized carbons (Fsp3) is 0.480. The number of piperidine rings is 1. The molecule has 0 atom stereocenters. The number of hydrogen-bond acceptors (Lipinski definition) is 6. The molecular weight excluding hydrogens is 422 g/mol. The maximum absolute atomic E-state index is 12.6. The summed E-state index contributed by atoms with van der Waals surface area (Å²) in [4.78, 5) is 32.1. The smallest absolute Gasteiger partial charge is 0.415 e. The van der Waals surface area contributed by atoms with Crippen LogP contribution in [0.1, 0.15) is 43.0 Å². The fourth-order valence-corrected chi connectivity index (χ4v) is 4.90. The van der Waals surface area contributed by atoms with E-state index in [-0.39, 0.29) is 11.7 Å². The molecular formula is C25H31N3O5. The number of amides is 1. The number of carbonyl (C=O) groups is 2. The number of nitrogens with zero attached hydrogens (tertiary/aromatic N) is 3. The SMILES string of the molecule is CN=C1C=C(OC)CC/C1=C(/C)CN1CCC2(CC1)CN(c1ccc(C(=O)O)cc1)C(=O)O2. The van der Waals surface area contributed by atoms with Crippen LogP contribution in [0.5, 0.6) is 0 Å². The van der Waals surface area contributed by atoms with Crippen LogP contribution in [-0.4, -0.2) is 73.7 Å². The van der Waals surface area contributed by atoms with E-state index in [4.69, 9.17) is 14.6 Å². The third kappa shape index (κ3) is 4.80. The van der Waals surface area contributed by atoms with Crippen molar-refractivity contribution in [2.45, 2.75) is 38.2 Å². The fourth-order valence-electron chi connectivity index (χ4n) is 4.90. The molecule has 0 radical (unpaired) electrons. The van der Waals surface area contributed by atoms with E-state index in [1.807, 2.05) is 13.1 Å². The van der Waals surface area contributed by atoms with Crippen molar-refractivity contribution < 1.29 is 24.2 Å². The number of allylic oxidation sites excluding steroid dienone is 3. The Bertz CT molecular complexity index is 1020. The third-order valence-corrected chi connectivity index (χ3v) is 6.87. The van der Waals surface area contributed by atoms with E-state index in [1.165, 1.54) is 23.3 Å². The molecule has 4 rings (SSSR count). The Morgan fingerprint density at radius 2 is 1.91 bits per heavy atom. The lowest BCUT2D eigenvalue weighted by Gasteiger charge is -2.37. The lowest BCUT2D eigenvalue weighted by molar-refractivity contribution is 0.00299. The minimum absolute atomic E-state index is 0.196. The quantitative estimate of drug-likeness (QED) is 0.727. The van der Waals surface area contributed by atoms with Crippen molar-refractivity contribution >= 4 is 23.5 Å². The van der Waals surface area contributed by atoms with Gasteiger partial charge >= 0.3 is 12.1 Å². The van der Waals surface area contributed by atoms with E-state index in [2.05, 4.69) is 16.8 Å². The van der Waals surface area contributed by atoms with Crippen LogP contribution in [0.2, 0.25) is 0 Å². The van der Waals surface area contributed by atoms with Gasteiger partial charge in [0.05, 0.1) is 30.7 Å². The van der Waals surface area contributed by atoms with E-state index in [9.17, 15) is 9.59 Å². The summed E-state index contributed by atoms with van der Waals surface area (Å²) in [7, 11) is 3.52. The first-order chi connectivity index (χ1) is 15.8. The maximum atomic E-state index is 12.6. The van der Waals surface area contributed by atoms with Crippen molar-refractivity contribution in [1.82, 2.24) is 4.90 Å². The first-order valence-corrected chi connectivity index (χ1v) is 11.3. The molecule has 176 valence electrons. The summed E-state index contributed by atoms with van der Waals surface area (Å²) in [6, 6.07) is 6.35. The molecule has 0 aromatic heterocycles. The summed E-state index contributed by atoms with van der Waals surface area (Å²) in [6.45, 7) is 5.23. The topological polar surface area (TPSA) is 91.7 Å². The van der Waals surface area contributed by atoms with Crippen LogP contribution in [0.15, 0.2) is 52.2 Å². The van der Waals surface area contributed by atoms with Crippen LogP contribution in [0.25, 0.3) is 0 Å². The molecule has 2 fully saturated rings.